The van der Waals surface area contributed by atoms with Crippen molar-refractivity contribution < 1.29 is 31.5 Å². The molecule has 3 rings (SSSR count). The second-order valence-electron chi connectivity index (χ2n) is 7.73. The van der Waals surface area contributed by atoms with E-state index in [4.69, 9.17) is 0 Å². The van der Waals surface area contributed by atoms with Crippen LogP contribution >= 0.6 is 0 Å². The first-order chi connectivity index (χ1) is 16.5. The average molecular weight is 508 g/mol. The van der Waals surface area contributed by atoms with Crippen LogP contribution in [0.2, 0.25) is 0 Å². The van der Waals surface area contributed by atoms with Crippen LogP contribution in [0, 0.1) is 0 Å². The number of hydrogen-bond donors (Lipinski definition) is 2. The number of hydrogen-bond acceptors (Lipinski definition) is 5. The molecule has 0 spiro atoms. The molecule has 1 heterocycles. The largest absolute Gasteiger partial charge is 0.511 e. The number of sulfonamides is 1. The van der Waals surface area contributed by atoms with Crippen LogP contribution in [0.15, 0.2) is 66.9 Å². The summed E-state index contributed by atoms with van der Waals surface area (Å²) in [5.74, 6) is -0.699. The van der Waals surface area contributed by atoms with Crippen LogP contribution in [0.5, 0.6) is 0 Å². The fourth-order valence-electron chi connectivity index (χ4n) is 3.57. The normalized spacial score (nSPS) is 11.9. The fraction of sp³-hybridized carbons (Fsp3) is 0.250. The van der Waals surface area contributed by atoms with Gasteiger partial charge >= 0.3 is 21.5 Å². The number of aromatic nitrogens is 1. The summed E-state index contributed by atoms with van der Waals surface area (Å²) in [4.78, 5) is 17.7. The van der Waals surface area contributed by atoms with Crippen LogP contribution < -0.4 is 9.62 Å². The number of pyridine rings is 1. The van der Waals surface area contributed by atoms with Gasteiger partial charge in [0.1, 0.15) is 11.4 Å². The van der Waals surface area contributed by atoms with Gasteiger partial charge in [0, 0.05) is 25.8 Å². The van der Waals surface area contributed by atoms with Crippen molar-refractivity contribution >= 4 is 21.8 Å². The molecule has 0 aliphatic heterocycles. The number of benzene rings is 2. The molecule has 0 unspecified atom stereocenters. The molecule has 0 saturated heterocycles. The summed E-state index contributed by atoms with van der Waals surface area (Å²) in [6.45, 7) is 2.45. The molecular weight excluding hydrogens is 483 g/mol. The van der Waals surface area contributed by atoms with E-state index in [2.05, 4.69) is 4.98 Å². The Bertz CT molecular complexity index is 1280. The fourth-order valence-corrected chi connectivity index (χ4v) is 4.08. The minimum atomic E-state index is -5.46. The Morgan fingerprint density at radius 2 is 1.74 bits per heavy atom. The van der Waals surface area contributed by atoms with Gasteiger partial charge in [-0.3, -0.25) is 0 Å². The molecule has 0 aliphatic rings. The van der Waals surface area contributed by atoms with E-state index in [1.54, 1.807) is 47.2 Å². The van der Waals surface area contributed by atoms with Crippen molar-refractivity contribution in [1.82, 2.24) is 9.71 Å². The predicted molar refractivity (Wildman–Crippen MR) is 126 cm³/mol. The lowest BCUT2D eigenvalue weighted by Gasteiger charge is -2.24. The van der Waals surface area contributed by atoms with Gasteiger partial charge in [-0.15, -0.1) is 0 Å². The van der Waals surface area contributed by atoms with Gasteiger partial charge < -0.3 is 10.0 Å². The Labute approximate surface area is 201 Å². The zero-order chi connectivity index (χ0) is 25.6. The highest BCUT2D eigenvalue weighted by molar-refractivity contribution is 7.90. The summed E-state index contributed by atoms with van der Waals surface area (Å²) in [5, 5.41) is 9.50. The van der Waals surface area contributed by atoms with Crippen molar-refractivity contribution in [3.05, 3.63) is 83.6 Å². The second-order valence-corrected chi connectivity index (χ2v) is 9.48. The third kappa shape index (κ3) is 6.37. The van der Waals surface area contributed by atoms with Crippen LogP contribution in [0.25, 0.3) is 11.1 Å². The zero-order valence-electron chi connectivity index (χ0n) is 18.8. The van der Waals surface area contributed by atoms with E-state index >= 15 is 0 Å². The third-order valence-corrected chi connectivity index (χ3v) is 6.36. The molecule has 0 radical (unpaired) electrons. The quantitative estimate of drug-likeness (QED) is 0.409. The molecule has 3 aromatic rings. The molecular formula is C24H24F3N3O4S. The lowest BCUT2D eigenvalue weighted by molar-refractivity contribution is -0.0448. The van der Waals surface area contributed by atoms with E-state index in [1.807, 2.05) is 24.0 Å². The number of anilines is 1. The topological polar surface area (TPSA) is 99.6 Å². The number of rotatable bonds is 10. The minimum Gasteiger partial charge on any atom is -0.478 e. The second kappa shape index (κ2) is 10.9. The van der Waals surface area contributed by atoms with Gasteiger partial charge in [-0.05, 0) is 40.8 Å². The highest BCUT2D eigenvalue weighted by Gasteiger charge is 2.45. The van der Waals surface area contributed by atoms with Crippen molar-refractivity contribution in [3.63, 3.8) is 0 Å². The summed E-state index contributed by atoms with van der Waals surface area (Å²) in [6.07, 6.45) is 2.31. The molecule has 7 nitrogen and oxygen atoms in total. The number of carboxylic acid groups (broad SMARTS) is 1. The molecule has 35 heavy (non-hydrogen) atoms. The first-order valence-corrected chi connectivity index (χ1v) is 12.2. The first kappa shape index (κ1) is 26.2. The maximum absolute atomic E-state index is 12.7. The SMILES string of the molecule is CCCN(Cc1ccc(-c2ccccc2CNS(=O)(=O)C(F)(F)F)cc1)c1ncccc1C(=O)O. The average Bonchev–Trinajstić information content (AvgIpc) is 2.82. The Kier molecular flexibility index (Phi) is 8.13. The Balaban J connectivity index is 1.83. The first-order valence-electron chi connectivity index (χ1n) is 10.7. The number of carboxylic acids is 1. The molecule has 1 aromatic heterocycles. The number of halogens is 3. The molecule has 186 valence electrons. The third-order valence-electron chi connectivity index (χ3n) is 5.22. The minimum absolute atomic E-state index is 0.104. The Morgan fingerprint density at radius 3 is 2.37 bits per heavy atom. The van der Waals surface area contributed by atoms with Gasteiger partial charge in [-0.2, -0.15) is 13.2 Å². The predicted octanol–water partition coefficient (Wildman–Crippen LogP) is 4.80. The highest BCUT2D eigenvalue weighted by Crippen LogP contribution is 2.27. The van der Waals surface area contributed by atoms with Gasteiger partial charge in [0.05, 0.1) is 0 Å². The van der Waals surface area contributed by atoms with E-state index in [1.165, 1.54) is 12.3 Å². The molecule has 0 amide bonds. The van der Waals surface area contributed by atoms with Crippen molar-refractivity contribution in [2.75, 3.05) is 11.4 Å². The molecule has 11 heteroatoms. The van der Waals surface area contributed by atoms with E-state index in [0.717, 1.165) is 12.0 Å². The van der Waals surface area contributed by atoms with E-state index < -0.39 is 28.0 Å². The zero-order valence-corrected chi connectivity index (χ0v) is 19.6. The molecule has 0 bridgehead atoms. The number of nitrogens with zero attached hydrogens (tertiary/aromatic N) is 2. The molecule has 0 saturated carbocycles. The molecule has 0 atom stereocenters. The lowest BCUT2D eigenvalue weighted by atomic mass is 9.98. The van der Waals surface area contributed by atoms with Gasteiger partial charge in [0.2, 0.25) is 0 Å². The summed E-state index contributed by atoms with van der Waals surface area (Å²) < 4.78 is 62.3. The number of alkyl halides is 3. The van der Waals surface area contributed by atoms with Crippen LogP contribution in [0.1, 0.15) is 34.8 Å². The Hall–Kier alpha value is -3.44. The summed E-state index contributed by atoms with van der Waals surface area (Å²) in [6, 6.07) is 16.9. The van der Waals surface area contributed by atoms with Crippen molar-refractivity contribution in [1.29, 1.82) is 0 Å². The standard InChI is InChI=1S/C24H24F3N3O4S/c1-2-14-30(22-21(23(31)32)8-5-13-28-22)16-17-9-11-18(12-10-17)20-7-4-3-6-19(20)15-29-35(33,34)24(25,26)27/h3-13,29H,2,14-16H2,1H3,(H,31,32). The van der Waals surface area contributed by atoms with Crippen LogP contribution in [-0.2, 0) is 23.1 Å². The van der Waals surface area contributed by atoms with Crippen molar-refractivity contribution in [2.24, 2.45) is 0 Å². The molecule has 0 fully saturated rings. The summed E-state index contributed by atoms with van der Waals surface area (Å²) in [7, 11) is -5.46. The van der Waals surface area contributed by atoms with E-state index in [9.17, 15) is 31.5 Å². The van der Waals surface area contributed by atoms with Crippen molar-refractivity contribution in [2.45, 2.75) is 31.9 Å². The lowest BCUT2D eigenvalue weighted by Crippen LogP contribution is -2.36. The van der Waals surface area contributed by atoms with Crippen LogP contribution in [-0.4, -0.2) is 36.5 Å². The maximum Gasteiger partial charge on any atom is 0.511 e. The smallest absolute Gasteiger partial charge is 0.478 e. The van der Waals surface area contributed by atoms with Gasteiger partial charge in [0.25, 0.3) is 0 Å². The van der Waals surface area contributed by atoms with Crippen LogP contribution in [0.3, 0.4) is 0 Å². The van der Waals surface area contributed by atoms with Gasteiger partial charge in [-0.1, -0.05) is 55.5 Å². The van der Waals surface area contributed by atoms with Crippen molar-refractivity contribution in [3.8, 4) is 11.1 Å². The van der Waals surface area contributed by atoms with Crippen LogP contribution in [0.4, 0.5) is 19.0 Å². The molecule has 2 N–H and O–H groups in total. The molecule has 0 aliphatic carbocycles. The van der Waals surface area contributed by atoms with Gasteiger partial charge in [-0.25, -0.2) is 22.9 Å². The van der Waals surface area contributed by atoms with Gasteiger partial charge in [0.15, 0.2) is 0 Å². The number of carbonyl (C=O) groups is 1. The summed E-state index contributed by atoms with van der Waals surface area (Å²) >= 11 is 0. The summed E-state index contributed by atoms with van der Waals surface area (Å²) in [5.41, 5.74) is -2.73. The maximum atomic E-state index is 12.7. The Morgan fingerprint density at radius 1 is 1.06 bits per heavy atom. The number of nitrogens with one attached hydrogen (secondary N) is 1. The highest BCUT2D eigenvalue weighted by atomic mass is 32.2. The van der Waals surface area contributed by atoms with E-state index in [-0.39, 0.29) is 5.56 Å². The number of aromatic carboxylic acids is 1. The molecule has 2 aromatic carbocycles. The van der Waals surface area contributed by atoms with E-state index in [0.29, 0.717) is 35.6 Å². The monoisotopic (exact) mass is 507 g/mol.